The van der Waals surface area contributed by atoms with Gasteiger partial charge in [0.1, 0.15) is 11.6 Å². The van der Waals surface area contributed by atoms with Gasteiger partial charge in [0.05, 0.1) is 11.2 Å². The number of aliphatic carboxylic acids is 1. The highest BCUT2D eigenvalue weighted by atomic mass is 16.7. The number of amides is 2. The fourth-order valence-corrected chi connectivity index (χ4v) is 4.29. The standard InChI is InChI=1S/C22H38BN5O7/c1-14(25-18(32)33-19(2,3)4)16(29)28-12-15(11-22(13-28,17(30)31)26-27-24)9-10-23-34-20(5,6)21(7,8)35-23/h14-15H,9-13H2,1-8H3,(H,25,32)(H,30,31)/t14?,15-,22-/m0/s1. The maximum absolute atomic E-state index is 13.2. The number of hydrogen-bond acceptors (Lipinski definition) is 7. The second-order valence-electron chi connectivity index (χ2n) is 11.4. The molecule has 0 radical (unpaired) electrons. The number of nitrogens with one attached hydrogen (secondary N) is 1. The average molecular weight is 495 g/mol. The van der Waals surface area contributed by atoms with Gasteiger partial charge in [0.2, 0.25) is 5.91 Å². The van der Waals surface area contributed by atoms with E-state index in [1.165, 1.54) is 11.8 Å². The normalized spacial score (nSPS) is 26.5. The van der Waals surface area contributed by atoms with Crippen LogP contribution in [0.5, 0.6) is 0 Å². The molecule has 2 N–H and O–H groups in total. The van der Waals surface area contributed by atoms with Crippen LogP contribution in [0.2, 0.25) is 6.32 Å². The predicted molar refractivity (Wildman–Crippen MR) is 129 cm³/mol. The molecule has 196 valence electrons. The first-order valence-electron chi connectivity index (χ1n) is 11.8. The van der Waals surface area contributed by atoms with Crippen molar-refractivity contribution in [3.05, 3.63) is 10.4 Å². The minimum Gasteiger partial charge on any atom is -0.481 e. The Bertz CT molecular complexity index is 864. The van der Waals surface area contributed by atoms with Gasteiger partial charge < -0.3 is 29.4 Å². The molecule has 13 heteroatoms. The second-order valence-corrected chi connectivity index (χ2v) is 11.4. The number of carboxylic acid groups (broad SMARTS) is 1. The summed E-state index contributed by atoms with van der Waals surface area (Å²) < 4.78 is 17.3. The van der Waals surface area contributed by atoms with E-state index in [1.807, 2.05) is 27.7 Å². The van der Waals surface area contributed by atoms with E-state index < -0.39 is 53.5 Å². The summed E-state index contributed by atoms with van der Waals surface area (Å²) in [4.78, 5) is 41.6. The van der Waals surface area contributed by atoms with Crippen molar-refractivity contribution >= 4 is 25.1 Å². The number of carbonyl (C=O) groups is 3. The molecule has 2 heterocycles. The summed E-state index contributed by atoms with van der Waals surface area (Å²) in [6.07, 6.45) is 0.290. The quantitative estimate of drug-likeness (QED) is 0.237. The van der Waals surface area contributed by atoms with Gasteiger partial charge in [-0.3, -0.25) is 9.59 Å². The molecule has 2 amide bonds. The van der Waals surface area contributed by atoms with Crippen molar-refractivity contribution in [1.29, 1.82) is 0 Å². The number of carbonyl (C=O) groups excluding carboxylic acids is 2. The Morgan fingerprint density at radius 2 is 1.83 bits per heavy atom. The Morgan fingerprint density at radius 1 is 1.26 bits per heavy atom. The molecule has 0 saturated carbocycles. The zero-order chi connectivity index (χ0) is 26.8. The maximum atomic E-state index is 13.2. The number of hydrogen-bond donors (Lipinski definition) is 2. The van der Waals surface area contributed by atoms with Crippen molar-refractivity contribution in [3.8, 4) is 0 Å². The molecule has 0 aromatic heterocycles. The summed E-state index contributed by atoms with van der Waals surface area (Å²) in [5.41, 5.74) is 5.54. The first-order valence-corrected chi connectivity index (χ1v) is 11.8. The molecule has 0 bridgehead atoms. The Labute approximate surface area is 206 Å². The molecule has 1 unspecified atom stereocenters. The molecule has 0 aromatic rings. The van der Waals surface area contributed by atoms with Gasteiger partial charge in [0, 0.05) is 18.0 Å². The molecular formula is C22H38BN5O7. The van der Waals surface area contributed by atoms with E-state index in [-0.39, 0.29) is 25.4 Å². The lowest BCUT2D eigenvalue weighted by molar-refractivity contribution is -0.149. The van der Waals surface area contributed by atoms with Gasteiger partial charge in [-0.15, -0.1) is 0 Å². The van der Waals surface area contributed by atoms with E-state index in [1.54, 1.807) is 20.8 Å². The number of alkyl carbamates (subject to hydrolysis) is 1. The molecular weight excluding hydrogens is 457 g/mol. The average Bonchev–Trinajstić information content (AvgIpc) is 2.90. The van der Waals surface area contributed by atoms with Crippen molar-refractivity contribution in [1.82, 2.24) is 10.2 Å². The smallest absolute Gasteiger partial charge is 0.457 e. The molecule has 2 fully saturated rings. The molecule has 12 nitrogen and oxygen atoms in total. The third-order valence-electron chi connectivity index (χ3n) is 6.72. The lowest BCUT2D eigenvalue weighted by Crippen LogP contribution is -2.59. The zero-order valence-corrected chi connectivity index (χ0v) is 22.0. The second kappa shape index (κ2) is 10.2. The van der Waals surface area contributed by atoms with Gasteiger partial charge in [-0.2, -0.15) is 0 Å². The zero-order valence-electron chi connectivity index (χ0n) is 22.0. The summed E-state index contributed by atoms with van der Waals surface area (Å²) in [5, 5.41) is 16.0. The fourth-order valence-electron chi connectivity index (χ4n) is 4.29. The van der Waals surface area contributed by atoms with Crippen LogP contribution in [0.3, 0.4) is 0 Å². The van der Waals surface area contributed by atoms with Crippen LogP contribution in [-0.4, -0.2) is 76.6 Å². The summed E-state index contributed by atoms with van der Waals surface area (Å²) in [7, 11) is -0.475. The molecule has 2 saturated heterocycles. The van der Waals surface area contributed by atoms with Crippen LogP contribution in [-0.2, 0) is 23.6 Å². The first-order chi connectivity index (χ1) is 15.9. The highest BCUT2D eigenvalue weighted by Crippen LogP contribution is 2.39. The number of ether oxygens (including phenoxy) is 1. The molecule has 2 rings (SSSR count). The predicted octanol–water partition coefficient (Wildman–Crippen LogP) is 3.36. The van der Waals surface area contributed by atoms with Crippen LogP contribution in [0.1, 0.15) is 68.2 Å². The monoisotopic (exact) mass is 495 g/mol. The van der Waals surface area contributed by atoms with Gasteiger partial charge in [0.15, 0.2) is 5.54 Å². The van der Waals surface area contributed by atoms with Crippen molar-refractivity contribution < 1.29 is 33.5 Å². The van der Waals surface area contributed by atoms with Gasteiger partial charge >= 0.3 is 19.2 Å². The van der Waals surface area contributed by atoms with Crippen LogP contribution in [0, 0.1) is 5.92 Å². The fraction of sp³-hybridized carbons (Fsp3) is 0.864. The molecule has 3 atom stereocenters. The first kappa shape index (κ1) is 28.7. The minimum absolute atomic E-state index is 0.0730. The molecule has 35 heavy (non-hydrogen) atoms. The SMILES string of the molecule is CC(NC(=O)OC(C)(C)C)C(=O)N1C[C@@H](CCB2OC(C)(C)C(C)(C)O2)C[C@@](N=[N+]=[N-])(C(=O)O)C1. The van der Waals surface area contributed by atoms with Gasteiger partial charge in [0.25, 0.3) is 0 Å². The van der Waals surface area contributed by atoms with Crippen LogP contribution in [0.25, 0.3) is 10.4 Å². The van der Waals surface area contributed by atoms with Gasteiger partial charge in [-0.25, -0.2) is 4.79 Å². The molecule has 0 spiro atoms. The molecule has 0 aliphatic carbocycles. The van der Waals surface area contributed by atoms with E-state index >= 15 is 0 Å². The lowest BCUT2D eigenvalue weighted by atomic mass is 9.74. The van der Waals surface area contributed by atoms with Crippen molar-refractivity contribution in [3.63, 3.8) is 0 Å². The number of nitrogens with zero attached hydrogens (tertiary/aromatic N) is 4. The summed E-state index contributed by atoms with van der Waals surface area (Å²) in [5.74, 6) is -2.09. The van der Waals surface area contributed by atoms with E-state index in [4.69, 9.17) is 19.6 Å². The largest absolute Gasteiger partial charge is 0.481 e. The number of piperidine rings is 1. The highest BCUT2D eigenvalue weighted by Gasteiger charge is 2.52. The summed E-state index contributed by atoms with van der Waals surface area (Å²) >= 11 is 0. The summed E-state index contributed by atoms with van der Waals surface area (Å²) in [6, 6.07) is -0.968. The third kappa shape index (κ3) is 7.02. The number of likely N-dealkylation sites (tertiary alicyclic amines) is 1. The van der Waals surface area contributed by atoms with Gasteiger partial charge in [-0.05, 0) is 79.6 Å². The van der Waals surface area contributed by atoms with Crippen LogP contribution < -0.4 is 5.32 Å². The number of rotatable bonds is 7. The minimum atomic E-state index is -1.81. The number of azide groups is 1. The Morgan fingerprint density at radius 3 is 2.31 bits per heavy atom. The Balaban J connectivity index is 2.16. The number of carboxylic acids is 1. The molecule has 0 aromatic carbocycles. The Hall–Kier alpha value is -2.50. The lowest BCUT2D eigenvalue weighted by Gasteiger charge is -2.42. The highest BCUT2D eigenvalue weighted by molar-refractivity contribution is 6.45. The van der Waals surface area contributed by atoms with Gasteiger partial charge in [-0.1, -0.05) is 11.5 Å². The van der Waals surface area contributed by atoms with Crippen LogP contribution in [0.15, 0.2) is 5.11 Å². The van der Waals surface area contributed by atoms with E-state index in [0.717, 1.165) is 0 Å². The van der Waals surface area contributed by atoms with E-state index in [2.05, 4.69) is 15.3 Å². The topological polar surface area (TPSA) is 163 Å². The van der Waals surface area contributed by atoms with E-state index in [9.17, 15) is 19.5 Å². The molecule has 2 aliphatic rings. The molecule has 2 aliphatic heterocycles. The van der Waals surface area contributed by atoms with E-state index in [0.29, 0.717) is 12.7 Å². The van der Waals surface area contributed by atoms with Crippen molar-refractivity contribution in [2.45, 2.75) is 103 Å². The summed E-state index contributed by atoms with van der Waals surface area (Å²) in [6.45, 7) is 14.4. The van der Waals surface area contributed by atoms with Crippen LogP contribution >= 0.6 is 0 Å². The third-order valence-corrected chi connectivity index (χ3v) is 6.72. The van der Waals surface area contributed by atoms with Crippen molar-refractivity contribution in [2.75, 3.05) is 13.1 Å². The van der Waals surface area contributed by atoms with Crippen LogP contribution in [0.4, 0.5) is 4.79 Å². The Kier molecular flexibility index (Phi) is 8.41. The maximum Gasteiger partial charge on any atom is 0.457 e. The van der Waals surface area contributed by atoms with Crippen molar-refractivity contribution in [2.24, 2.45) is 11.0 Å².